The van der Waals surface area contributed by atoms with Crippen LogP contribution in [0, 0.1) is 0 Å². The quantitative estimate of drug-likeness (QED) is 0.701. The van der Waals surface area contributed by atoms with Crippen LogP contribution >= 0.6 is 11.8 Å². The molecule has 0 aliphatic rings. The smallest absolute Gasteiger partial charge is 0.222 e. The number of thioether (sulfide) groups is 1. The zero-order valence-electron chi connectivity index (χ0n) is 9.45. The molecule has 2 N–H and O–H groups in total. The molecule has 14 heavy (non-hydrogen) atoms. The van der Waals surface area contributed by atoms with E-state index in [1.807, 2.05) is 23.7 Å². The van der Waals surface area contributed by atoms with Crippen LogP contribution in [0.5, 0.6) is 0 Å². The molecule has 1 atom stereocenters. The van der Waals surface area contributed by atoms with E-state index in [1.54, 1.807) is 0 Å². The SMILES string of the molecule is CSCCC(C)N(C)C(=O)CCCN. The molecule has 0 saturated heterocycles. The van der Waals surface area contributed by atoms with Crippen LogP contribution in [0.2, 0.25) is 0 Å². The highest BCUT2D eigenvalue weighted by Gasteiger charge is 2.14. The fourth-order valence-electron chi connectivity index (χ4n) is 1.16. The van der Waals surface area contributed by atoms with Gasteiger partial charge in [-0.25, -0.2) is 0 Å². The molecule has 1 amide bonds. The summed E-state index contributed by atoms with van der Waals surface area (Å²) in [4.78, 5) is 13.4. The minimum atomic E-state index is 0.212. The third-order valence-electron chi connectivity index (χ3n) is 2.39. The summed E-state index contributed by atoms with van der Waals surface area (Å²) in [5.74, 6) is 1.32. The summed E-state index contributed by atoms with van der Waals surface area (Å²) in [6.07, 6.45) is 4.52. The van der Waals surface area contributed by atoms with Crippen molar-refractivity contribution in [2.75, 3.05) is 25.6 Å². The molecule has 84 valence electrons. The first-order valence-electron chi connectivity index (χ1n) is 5.08. The van der Waals surface area contributed by atoms with Crippen molar-refractivity contribution >= 4 is 17.7 Å². The second-order valence-corrected chi connectivity index (χ2v) is 4.51. The number of hydrogen-bond acceptors (Lipinski definition) is 3. The van der Waals surface area contributed by atoms with E-state index in [0.29, 0.717) is 19.0 Å². The molecule has 0 aliphatic carbocycles. The average Bonchev–Trinajstić information content (AvgIpc) is 2.21. The van der Waals surface area contributed by atoms with Gasteiger partial charge in [-0.1, -0.05) is 0 Å². The van der Waals surface area contributed by atoms with Crippen molar-refractivity contribution in [3.63, 3.8) is 0 Å². The van der Waals surface area contributed by atoms with Crippen LogP contribution in [0.1, 0.15) is 26.2 Å². The number of nitrogens with zero attached hydrogens (tertiary/aromatic N) is 1. The van der Waals surface area contributed by atoms with Crippen LogP contribution in [-0.2, 0) is 4.79 Å². The topological polar surface area (TPSA) is 46.3 Å². The molecule has 0 fully saturated rings. The van der Waals surface area contributed by atoms with Crippen molar-refractivity contribution in [2.24, 2.45) is 5.73 Å². The van der Waals surface area contributed by atoms with Crippen LogP contribution < -0.4 is 5.73 Å². The molecule has 3 nitrogen and oxygen atoms in total. The van der Waals surface area contributed by atoms with Crippen molar-refractivity contribution in [2.45, 2.75) is 32.2 Å². The predicted molar refractivity (Wildman–Crippen MR) is 63.5 cm³/mol. The first-order valence-corrected chi connectivity index (χ1v) is 6.47. The first-order chi connectivity index (χ1) is 6.63. The van der Waals surface area contributed by atoms with Gasteiger partial charge in [0.1, 0.15) is 0 Å². The summed E-state index contributed by atoms with van der Waals surface area (Å²) in [7, 11) is 1.88. The van der Waals surface area contributed by atoms with Crippen LogP contribution in [-0.4, -0.2) is 42.4 Å². The fourth-order valence-corrected chi connectivity index (χ4v) is 1.73. The number of amides is 1. The third kappa shape index (κ3) is 5.50. The van der Waals surface area contributed by atoms with Gasteiger partial charge in [0, 0.05) is 19.5 Å². The van der Waals surface area contributed by atoms with E-state index < -0.39 is 0 Å². The maximum atomic E-state index is 11.6. The molecular formula is C10H22N2OS. The molecule has 1 unspecified atom stereocenters. The summed E-state index contributed by atoms with van der Waals surface area (Å²) in [5, 5.41) is 0. The molecule has 0 rings (SSSR count). The Labute approximate surface area is 91.4 Å². The molecule has 0 saturated carbocycles. The maximum Gasteiger partial charge on any atom is 0.222 e. The van der Waals surface area contributed by atoms with Gasteiger partial charge < -0.3 is 10.6 Å². The minimum Gasteiger partial charge on any atom is -0.343 e. The average molecular weight is 218 g/mol. The van der Waals surface area contributed by atoms with Crippen molar-refractivity contribution in [3.05, 3.63) is 0 Å². The van der Waals surface area contributed by atoms with Gasteiger partial charge in [0.15, 0.2) is 0 Å². The molecular weight excluding hydrogens is 196 g/mol. The second-order valence-electron chi connectivity index (χ2n) is 3.53. The summed E-state index contributed by atoms with van der Waals surface area (Å²) < 4.78 is 0. The van der Waals surface area contributed by atoms with Gasteiger partial charge >= 0.3 is 0 Å². The number of carbonyl (C=O) groups is 1. The maximum absolute atomic E-state index is 11.6. The van der Waals surface area contributed by atoms with Gasteiger partial charge in [0.2, 0.25) is 5.91 Å². The van der Waals surface area contributed by atoms with E-state index in [2.05, 4.69) is 13.2 Å². The molecule has 0 radical (unpaired) electrons. The Morgan fingerprint density at radius 2 is 2.21 bits per heavy atom. The largest absolute Gasteiger partial charge is 0.343 e. The molecule has 0 aliphatic heterocycles. The summed E-state index contributed by atoms with van der Waals surface area (Å²) >= 11 is 1.82. The summed E-state index contributed by atoms with van der Waals surface area (Å²) in [6, 6.07) is 0.340. The highest BCUT2D eigenvalue weighted by Crippen LogP contribution is 2.07. The van der Waals surface area contributed by atoms with Crippen LogP contribution in [0.25, 0.3) is 0 Å². The van der Waals surface area contributed by atoms with E-state index in [1.165, 1.54) is 0 Å². The first kappa shape index (κ1) is 13.8. The highest BCUT2D eigenvalue weighted by atomic mass is 32.2. The van der Waals surface area contributed by atoms with Crippen LogP contribution in [0.3, 0.4) is 0 Å². The number of carbonyl (C=O) groups excluding carboxylic acids is 1. The lowest BCUT2D eigenvalue weighted by atomic mass is 10.2. The van der Waals surface area contributed by atoms with Gasteiger partial charge in [-0.3, -0.25) is 4.79 Å². The van der Waals surface area contributed by atoms with E-state index in [0.717, 1.165) is 18.6 Å². The fraction of sp³-hybridized carbons (Fsp3) is 0.900. The Morgan fingerprint density at radius 3 is 2.71 bits per heavy atom. The Hall–Kier alpha value is -0.220. The Kier molecular flexibility index (Phi) is 7.99. The van der Waals surface area contributed by atoms with Crippen molar-refractivity contribution in [1.82, 2.24) is 4.90 Å². The predicted octanol–water partition coefficient (Wildman–Crippen LogP) is 1.33. The minimum absolute atomic E-state index is 0.212. The second kappa shape index (κ2) is 8.12. The van der Waals surface area contributed by atoms with Gasteiger partial charge in [-0.2, -0.15) is 11.8 Å². The van der Waals surface area contributed by atoms with E-state index >= 15 is 0 Å². The lowest BCUT2D eigenvalue weighted by molar-refractivity contribution is -0.131. The lowest BCUT2D eigenvalue weighted by Crippen LogP contribution is -2.35. The van der Waals surface area contributed by atoms with Crippen molar-refractivity contribution < 1.29 is 4.79 Å². The van der Waals surface area contributed by atoms with E-state index in [4.69, 9.17) is 5.73 Å². The van der Waals surface area contributed by atoms with Crippen LogP contribution in [0.4, 0.5) is 0 Å². The van der Waals surface area contributed by atoms with Gasteiger partial charge in [0.25, 0.3) is 0 Å². The highest BCUT2D eigenvalue weighted by molar-refractivity contribution is 7.98. The Balaban J connectivity index is 3.78. The van der Waals surface area contributed by atoms with Crippen molar-refractivity contribution in [3.8, 4) is 0 Å². The molecule has 4 heteroatoms. The molecule has 0 bridgehead atoms. The van der Waals surface area contributed by atoms with Crippen molar-refractivity contribution in [1.29, 1.82) is 0 Å². The standard InChI is InChI=1S/C10H22N2OS/c1-9(6-8-14-3)12(2)10(13)5-4-7-11/h9H,4-8,11H2,1-3H3. The zero-order valence-corrected chi connectivity index (χ0v) is 10.3. The van der Waals surface area contributed by atoms with E-state index in [-0.39, 0.29) is 5.91 Å². The van der Waals surface area contributed by atoms with Gasteiger partial charge in [-0.15, -0.1) is 0 Å². The zero-order chi connectivity index (χ0) is 11.0. The molecule has 0 spiro atoms. The Morgan fingerprint density at radius 1 is 1.57 bits per heavy atom. The van der Waals surface area contributed by atoms with Gasteiger partial charge in [-0.05, 0) is 38.3 Å². The number of nitrogens with two attached hydrogens (primary N) is 1. The molecule has 0 aromatic carbocycles. The molecule has 0 aromatic rings. The van der Waals surface area contributed by atoms with Gasteiger partial charge in [0.05, 0.1) is 0 Å². The monoisotopic (exact) mass is 218 g/mol. The lowest BCUT2D eigenvalue weighted by Gasteiger charge is -2.24. The third-order valence-corrected chi connectivity index (χ3v) is 3.03. The molecule has 0 aromatic heterocycles. The number of hydrogen-bond donors (Lipinski definition) is 1. The number of rotatable bonds is 7. The summed E-state index contributed by atoms with van der Waals surface area (Å²) in [6.45, 7) is 2.69. The summed E-state index contributed by atoms with van der Waals surface area (Å²) in [5.41, 5.74) is 5.36. The van der Waals surface area contributed by atoms with Crippen LogP contribution in [0.15, 0.2) is 0 Å². The molecule has 0 heterocycles. The normalized spacial score (nSPS) is 12.6. The Bertz CT molecular complexity index is 164. The van der Waals surface area contributed by atoms with E-state index in [9.17, 15) is 4.79 Å².